The summed E-state index contributed by atoms with van der Waals surface area (Å²) in [5, 5.41) is 25.8. The summed E-state index contributed by atoms with van der Waals surface area (Å²) in [5.74, 6) is -1.79. The first kappa shape index (κ1) is 25.0. The molecule has 2 amide bonds. The maximum absolute atomic E-state index is 13.3. The number of aliphatic hydroxyl groups excluding tert-OH is 2. The Hall–Kier alpha value is -3.14. The van der Waals surface area contributed by atoms with Crippen LogP contribution in [0.1, 0.15) is 46.3 Å². The Morgan fingerprint density at radius 2 is 1.97 bits per heavy atom. The van der Waals surface area contributed by atoms with E-state index in [1.807, 2.05) is 42.6 Å². The molecule has 1 aliphatic rings. The molecule has 3 atom stereocenters. The van der Waals surface area contributed by atoms with Gasteiger partial charge in [0, 0.05) is 18.3 Å². The van der Waals surface area contributed by atoms with Gasteiger partial charge in [0.15, 0.2) is 12.2 Å². The van der Waals surface area contributed by atoms with Crippen LogP contribution in [0.4, 0.5) is 4.39 Å². The number of nitrogens with zero attached hydrogens (tertiary/aromatic N) is 2. The number of carbonyl (C=O) groups is 2. The van der Waals surface area contributed by atoms with Gasteiger partial charge >= 0.3 is 0 Å². The first-order valence-electron chi connectivity index (χ1n) is 11.5. The van der Waals surface area contributed by atoms with E-state index in [1.165, 1.54) is 28.4 Å². The SMILES string of the molecule is Cc1cc(F)ccc1Cc1csc(CNC(=O)[C@H](O)C(O)C(=O)N2CCCC2c2ccccc2)n1. The van der Waals surface area contributed by atoms with Crippen molar-refractivity contribution in [3.8, 4) is 0 Å². The largest absolute Gasteiger partial charge is 0.380 e. The Morgan fingerprint density at radius 1 is 1.20 bits per heavy atom. The number of rotatable bonds is 8. The fourth-order valence-corrected chi connectivity index (χ4v) is 5.07. The Morgan fingerprint density at radius 3 is 2.71 bits per heavy atom. The molecule has 2 heterocycles. The third-order valence-corrected chi connectivity index (χ3v) is 7.13. The summed E-state index contributed by atoms with van der Waals surface area (Å²) in [6.07, 6.45) is -1.67. The summed E-state index contributed by atoms with van der Waals surface area (Å²) in [6.45, 7) is 2.35. The molecular weight excluding hydrogens is 469 g/mol. The molecule has 0 radical (unpaired) electrons. The van der Waals surface area contributed by atoms with Gasteiger partial charge in [0.25, 0.3) is 11.8 Å². The van der Waals surface area contributed by atoms with Crippen molar-refractivity contribution in [3.05, 3.63) is 87.1 Å². The Kier molecular flexibility index (Phi) is 7.90. The van der Waals surface area contributed by atoms with E-state index in [-0.39, 0.29) is 18.4 Å². The van der Waals surface area contributed by atoms with Gasteiger partial charge in [0.05, 0.1) is 18.3 Å². The quantitative estimate of drug-likeness (QED) is 0.444. The Labute approximate surface area is 207 Å². The van der Waals surface area contributed by atoms with E-state index in [1.54, 1.807) is 6.07 Å². The molecule has 2 aromatic carbocycles. The lowest BCUT2D eigenvalue weighted by Gasteiger charge is -2.28. The molecule has 1 aliphatic heterocycles. The zero-order valence-corrected chi connectivity index (χ0v) is 20.2. The van der Waals surface area contributed by atoms with Crippen LogP contribution in [0.25, 0.3) is 0 Å². The second-order valence-electron chi connectivity index (χ2n) is 8.69. The van der Waals surface area contributed by atoms with E-state index in [2.05, 4.69) is 10.3 Å². The van der Waals surface area contributed by atoms with Gasteiger partial charge in [0.1, 0.15) is 10.8 Å². The van der Waals surface area contributed by atoms with Crippen molar-refractivity contribution >= 4 is 23.2 Å². The van der Waals surface area contributed by atoms with Gasteiger partial charge in [-0.1, -0.05) is 36.4 Å². The maximum atomic E-state index is 13.3. The van der Waals surface area contributed by atoms with Crippen LogP contribution < -0.4 is 5.32 Å². The number of benzene rings is 2. The van der Waals surface area contributed by atoms with E-state index in [9.17, 15) is 24.2 Å². The highest BCUT2D eigenvalue weighted by Crippen LogP contribution is 2.32. The van der Waals surface area contributed by atoms with Crippen molar-refractivity contribution in [2.75, 3.05) is 6.54 Å². The van der Waals surface area contributed by atoms with Crippen LogP contribution in [0.15, 0.2) is 53.9 Å². The number of halogens is 1. The first-order valence-corrected chi connectivity index (χ1v) is 12.4. The highest BCUT2D eigenvalue weighted by Gasteiger charge is 2.38. The lowest BCUT2D eigenvalue weighted by molar-refractivity contribution is -0.153. The molecule has 9 heteroatoms. The van der Waals surface area contributed by atoms with Crippen molar-refractivity contribution < 1.29 is 24.2 Å². The standard InChI is InChI=1S/C26H28FN3O4S/c1-16-12-19(27)10-9-18(16)13-20-15-35-22(29-20)14-28-25(33)23(31)24(32)26(34)30-11-5-8-21(30)17-6-3-2-4-7-17/h2-4,6-7,9-10,12,15,21,23-24,31-32H,5,8,11,13-14H2,1H3,(H,28,33)/t21?,23-,24?/m1/s1. The fourth-order valence-electron chi connectivity index (χ4n) is 4.33. The second kappa shape index (κ2) is 11.1. The van der Waals surface area contributed by atoms with Crippen LogP contribution in [-0.2, 0) is 22.6 Å². The van der Waals surface area contributed by atoms with Gasteiger partial charge in [-0.2, -0.15) is 0 Å². The topological polar surface area (TPSA) is 103 Å². The van der Waals surface area contributed by atoms with Crippen LogP contribution in [0.5, 0.6) is 0 Å². The van der Waals surface area contributed by atoms with Crippen LogP contribution in [0, 0.1) is 12.7 Å². The van der Waals surface area contributed by atoms with Gasteiger partial charge in [-0.3, -0.25) is 9.59 Å². The number of amides is 2. The number of aliphatic hydroxyl groups is 2. The minimum atomic E-state index is -1.89. The molecule has 1 saturated heterocycles. The summed E-state index contributed by atoms with van der Waals surface area (Å²) >= 11 is 1.35. The van der Waals surface area contributed by atoms with Crippen LogP contribution in [0.3, 0.4) is 0 Å². The lowest BCUT2D eigenvalue weighted by atomic mass is 10.0. The summed E-state index contributed by atoms with van der Waals surface area (Å²) in [7, 11) is 0. The summed E-state index contributed by atoms with van der Waals surface area (Å²) in [6, 6.07) is 13.9. The number of carbonyl (C=O) groups excluding carboxylic acids is 2. The zero-order valence-electron chi connectivity index (χ0n) is 19.4. The normalized spacial score (nSPS) is 17.3. The molecule has 184 valence electrons. The molecular formula is C26H28FN3O4S. The lowest BCUT2D eigenvalue weighted by Crippen LogP contribution is -2.50. The monoisotopic (exact) mass is 497 g/mol. The minimum Gasteiger partial charge on any atom is -0.380 e. The van der Waals surface area contributed by atoms with Gasteiger partial charge in [-0.15, -0.1) is 11.3 Å². The van der Waals surface area contributed by atoms with Crippen molar-refractivity contribution in [3.63, 3.8) is 0 Å². The third-order valence-electron chi connectivity index (χ3n) is 6.23. The zero-order chi connectivity index (χ0) is 24.9. The average Bonchev–Trinajstić information content (AvgIpc) is 3.53. The smallest absolute Gasteiger partial charge is 0.255 e. The highest BCUT2D eigenvalue weighted by molar-refractivity contribution is 7.09. The molecule has 1 aromatic heterocycles. The predicted molar refractivity (Wildman–Crippen MR) is 130 cm³/mol. The van der Waals surface area contributed by atoms with Gasteiger partial charge < -0.3 is 20.4 Å². The highest BCUT2D eigenvalue weighted by atomic mass is 32.1. The van der Waals surface area contributed by atoms with Crippen molar-refractivity contribution in [1.29, 1.82) is 0 Å². The molecule has 0 saturated carbocycles. The predicted octanol–water partition coefficient (Wildman–Crippen LogP) is 2.88. The van der Waals surface area contributed by atoms with Crippen LogP contribution >= 0.6 is 11.3 Å². The molecule has 2 unspecified atom stereocenters. The first-order chi connectivity index (χ1) is 16.8. The minimum absolute atomic E-state index is 0.0558. The Balaban J connectivity index is 1.31. The average molecular weight is 498 g/mol. The maximum Gasteiger partial charge on any atom is 0.255 e. The molecule has 4 rings (SSSR count). The molecule has 1 fully saturated rings. The fraction of sp³-hybridized carbons (Fsp3) is 0.346. The van der Waals surface area contributed by atoms with Crippen LogP contribution in [-0.4, -0.2) is 50.7 Å². The molecule has 3 N–H and O–H groups in total. The van der Waals surface area contributed by atoms with E-state index in [0.717, 1.165) is 35.2 Å². The molecule has 0 bridgehead atoms. The summed E-state index contributed by atoms with van der Waals surface area (Å²) in [4.78, 5) is 31.3. The molecule has 0 aliphatic carbocycles. The van der Waals surface area contributed by atoms with E-state index < -0.39 is 24.0 Å². The molecule has 35 heavy (non-hydrogen) atoms. The number of likely N-dealkylation sites (tertiary alicyclic amines) is 1. The van der Waals surface area contributed by atoms with E-state index in [4.69, 9.17) is 0 Å². The number of aryl methyl sites for hydroxylation is 1. The van der Waals surface area contributed by atoms with Crippen LogP contribution in [0.2, 0.25) is 0 Å². The van der Waals surface area contributed by atoms with Crippen molar-refractivity contribution in [1.82, 2.24) is 15.2 Å². The van der Waals surface area contributed by atoms with Gasteiger partial charge in [0.2, 0.25) is 0 Å². The molecule has 0 spiro atoms. The number of thiazole rings is 1. The molecule has 3 aromatic rings. The van der Waals surface area contributed by atoms with Crippen molar-refractivity contribution in [2.24, 2.45) is 0 Å². The van der Waals surface area contributed by atoms with Gasteiger partial charge in [-0.05, 0) is 48.6 Å². The number of hydrogen-bond acceptors (Lipinski definition) is 6. The second-order valence-corrected chi connectivity index (χ2v) is 9.63. The third kappa shape index (κ3) is 5.93. The van der Waals surface area contributed by atoms with Crippen molar-refractivity contribution in [2.45, 2.75) is 51.0 Å². The number of aromatic nitrogens is 1. The van der Waals surface area contributed by atoms with E-state index in [0.29, 0.717) is 18.0 Å². The molecule has 7 nitrogen and oxygen atoms in total. The number of nitrogens with one attached hydrogen (secondary N) is 1. The number of hydrogen-bond donors (Lipinski definition) is 3. The summed E-state index contributed by atoms with van der Waals surface area (Å²) < 4.78 is 13.3. The van der Waals surface area contributed by atoms with E-state index >= 15 is 0 Å². The Bertz CT molecular complexity index is 1190. The van der Waals surface area contributed by atoms with Gasteiger partial charge in [-0.25, -0.2) is 9.37 Å². The summed E-state index contributed by atoms with van der Waals surface area (Å²) in [5.41, 5.74) is 3.53.